The molecule has 4 rings (SSSR count). The molecule has 8 nitrogen and oxygen atoms in total. The monoisotopic (exact) mass is 376 g/mol. The van der Waals surface area contributed by atoms with Crippen LogP contribution in [0.5, 0.6) is 0 Å². The summed E-state index contributed by atoms with van der Waals surface area (Å²) in [7, 11) is 1.70. The number of carbonyl (C=O) groups excluding carboxylic acids is 1. The number of hydrogen-bond acceptors (Lipinski definition) is 6. The van der Waals surface area contributed by atoms with Gasteiger partial charge in [0.15, 0.2) is 0 Å². The van der Waals surface area contributed by atoms with Crippen LogP contribution in [0, 0.1) is 0 Å². The molecular weight excluding hydrogens is 356 g/mol. The topological polar surface area (TPSA) is 96.2 Å². The molecule has 1 atom stereocenters. The summed E-state index contributed by atoms with van der Waals surface area (Å²) in [5.41, 5.74) is 1.37. The van der Waals surface area contributed by atoms with Crippen LogP contribution >= 0.6 is 11.6 Å². The summed E-state index contributed by atoms with van der Waals surface area (Å²) in [5, 5.41) is 17.0. The number of nitrogens with one attached hydrogen (secondary N) is 1. The van der Waals surface area contributed by atoms with E-state index in [1.165, 1.54) is 10.9 Å². The van der Waals surface area contributed by atoms with Gasteiger partial charge < -0.3 is 15.3 Å². The summed E-state index contributed by atoms with van der Waals surface area (Å²) >= 11 is 6.02. The highest BCUT2D eigenvalue weighted by molar-refractivity contribution is 6.33. The third-order valence-electron chi connectivity index (χ3n) is 5.16. The van der Waals surface area contributed by atoms with E-state index in [0.717, 1.165) is 37.3 Å². The molecular formula is C17H21ClN6O2. The predicted octanol–water partition coefficient (Wildman–Crippen LogP) is 1.11. The molecule has 2 aliphatic rings. The van der Waals surface area contributed by atoms with Gasteiger partial charge in [0, 0.05) is 43.9 Å². The van der Waals surface area contributed by atoms with Crippen molar-refractivity contribution in [2.75, 3.05) is 18.0 Å². The van der Waals surface area contributed by atoms with E-state index in [9.17, 15) is 9.90 Å². The highest BCUT2D eigenvalue weighted by Gasteiger charge is 2.34. The molecule has 3 heterocycles. The third-order valence-corrected chi connectivity index (χ3v) is 5.44. The molecule has 0 spiro atoms. The summed E-state index contributed by atoms with van der Waals surface area (Å²) in [4.78, 5) is 23.1. The summed E-state index contributed by atoms with van der Waals surface area (Å²) in [6.45, 7) is 1.43. The lowest BCUT2D eigenvalue weighted by Gasteiger charge is -2.35. The number of carbonyl (C=O) groups is 1. The number of β-amino-alcohol motifs (C(OH)–C–C–N with tert-alkyl or cyclic N) is 1. The van der Waals surface area contributed by atoms with E-state index in [0.29, 0.717) is 23.2 Å². The first-order valence-electron chi connectivity index (χ1n) is 8.74. The molecule has 0 radical (unpaired) electrons. The molecule has 2 aromatic rings. The van der Waals surface area contributed by atoms with E-state index in [2.05, 4.69) is 25.3 Å². The van der Waals surface area contributed by atoms with E-state index < -0.39 is 0 Å². The highest BCUT2D eigenvalue weighted by Crippen LogP contribution is 2.37. The van der Waals surface area contributed by atoms with Crippen molar-refractivity contribution in [3.05, 3.63) is 35.0 Å². The van der Waals surface area contributed by atoms with Crippen molar-refractivity contribution in [3.63, 3.8) is 0 Å². The average molecular weight is 377 g/mol. The number of aromatic nitrogens is 4. The number of rotatable bonds is 4. The van der Waals surface area contributed by atoms with Crippen molar-refractivity contribution >= 4 is 23.3 Å². The van der Waals surface area contributed by atoms with Crippen molar-refractivity contribution in [2.45, 2.75) is 37.3 Å². The summed E-state index contributed by atoms with van der Waals surface area (Å²) < 4.78 is 1.48. The molecule has 138 valence electrons. The van der Waals surface area contributed by atoms with E-state index >= 15 is 0 Å². The minimum absolute atomic E-state index is 0.102. The van der Waals surface area contributed by atoms with E-state index in [1.54, 1.807) is 13.4 Å². The van der Waals surface area contributed by atoms with Crippen molar-refractivity contribution < 1.29 is 9.90 Å². The van der Waals surface area contributed by atoms with Gasteiger partial charge in [0.2, 0.25) is 0 Å². The molecule has 1 aliphatic carbocycles. The van der Waals surface area contributed by atoms with Crippen molar-refractivity contribution in [1.82, 2.24) is 25.1 Å². The van der Waals surface area contributed by atoms with Gasteiger partial charge in [-0.05, 0) is 19.3 Å². The minimum atomic E-state index is -0.282. The Hall–Kier alpha value is -2.19. The minimum Gasteiger partial charge on any atom is -0.391 e. The Morgan fingerprint density at radius 2 is 2.19 bits per heavy atom. The van der Waals surface area contributed by atoms with Crippen LogP contribution in [-0.4, -0.2) is 56.0 Å². The van der Waals surface area contributed by atoms with Crippen LogP contribution in [0.2, 0.25) is 5.02 Å². The fourth-order valence-corrected chi connectivity index (χ4v) is 3.86. The first kappa shape index (κ1) is 17.2. The normalized spacial score (nSPS) is 25.2. The lowest BCUT2D eigenvalue weighted by molar-refractivity contribution is 0.0898. The molecule has 2 aromatic heterocycles. The average Bonchev–Trinajstić information content (AvgIpc) is 3.16. The lowest BCUT2D eigenvalue weighted by atomic mass is 9.78. The van der Waals surface area contributed by atoms with E-state index in [1.807, 2.05) is 6.07 Å². The van der Waals surface area contributed by atoms with Crippen LogP contribution in [0.1, 0.15) is 41.4 Å². The molecule has 1 saturated heterocycles. The first-order chi connectivity index (χ1) is 12.5. The predicted molar refractivity (Wildman–Crippen MR) is 96.3 cm³/mol. The van der Waals surface area contributed by atoms with Gasteiger partial charge in [-0.1, -0.05) is 11.6 Å². The fraction of sp³-hybridized carbons (Fsp3) is 0.529. The molecule has 1 saturated carbocycles. The van der Waals surface area contributed by atoms with E-state index in [4.69, 9.17) is 11.6 Å². The lowest BCUT2D eigenvalue weighted by Crippen LogP contribution is -2.44. The zero-order valence-corrected chi connectivity index (χ0v) is 15.2. The van der Waals surface area contributed by atoms with Gasteiger partial charge >= 0.3 is 0 Å². The number of aryl methyl sites for hydroxylation is 1. The van der Waals surface area contributed by atoms with Crippen molar-refractivity contribution in [2.24, 2.45) is 7.05 Å². The fourth-order valence-electron chi connectivity index (χ4n) is 3.60. The molecule has 1 aliphatic heterocycles. The Balaban J connectivity index is 1.36. The molecule has 1 unspecified atom stereocenters. The van der Waals surface area contributed by atoms with Crippen LogP contribution in [0.4, 0.5) is 5.82 Å². The highest BCUT2D eigenvalue weighted by atomic mass is 35.5. The number of halogens is 1. The van der Waals surface area contributed by atoms with Crippen LogP contribution in [-0.2, 0) is 7.05 Å². The molecule has 0 bridgehead atoms. The number of anilines is 1. The van der Waals surface area contributed by atoms with Crippen LogP contribution < -0.4 is 10.2 Å². The number of aliphatic hydroxyl groups is 1. The first-order valence-corrected chi connectivity index (χ1v) is 9.12. The molecule has 9 heteroatoms. The van der Waals surface area contributed by atoms with Crippen molar-refractivity contribution in [3.8, 4) is 0 Å². The molecule has 2 fully saturated rings. The van der Waals surface area contributed by atoms with Crippen LogP contribution in [0.3, 0.4) is 0 Å². The van der Waals surface area contributed by atoms with Crippen LogP contribution in [0.25, 0.3) is 0 Å². The van der Waals surface area contributed by atoms with Gasteiger partial charge in [0.05, 0.1) is 17.3 Å². The Kier molecular flexibility index (Phi) is 4.54. The van der Waals surface area contributed by atoms with Gasteiger partial charge in [-0.15, -0.1) is 0 Å². The van der Waals surface area contributed by atoms with Gasteiger partial charge in [0.25, 0.3) is 5.91 Å². The zero-order valence-electron chi connectivity index (χ0n) is 14.5. The zero-order chi connectivity index (χ0) is 18.3. The SMILES string of the molecule is Cn1ncc(Cl)c1C(=O)NC1CC(c2cc(N3CCC(O)C3)ncn2)C1. The van der Waals surface area contributed by atoms with Crippen LogP contribution in [0.15, 0.2) is 18.6 Å². The van der Waals surface area contributed by atoms with E-state index in [-0.39, 0.29) is 18.1 Å². The maximum absolute atomic E-state index is 12.3. The molecule has 0 aromatic carbocycles. The van der Waals surface area contributed by atoms with Gasteiger partial charge in [0.1, 0.15) is 17.8 Å². The second-order valence-corrected chi connectivity index (χ2v) is 7.40. The Morgan fingerprint density at radius 1 is 1.38 bits per heavy atom. The number of amides is 1. The number of hydrogen-bond donors (Lipinski definition) is 2. The standard InChI is InChI=1S/C17H21ClN6O2/c1-23-16(13(18)7-21-23)17(26)22-11-4-10(5-11)14-6-15(20-9-19-14)24-3-2-12(25)8-24/h6-7,9-12,25H,2-5,8H2,1H3,(H,22,26). The maximum Gasteiger partial charge on any atom is 0.271 e. The van der Waals surface area contributed by atoms with Crippen molar-refractivity contribution in [1.29, 1.82) is 0 Å². The Bertz CT molecular complexity index is 800. The maximum atomic E-state index is 12.3. The number of nitrogens with zero attached hydrogens (tertiary/aromatic N) is 5. The quantitative estimate of drug-likeness (QED) is 0.829. The molecule has 2 N–H and O–H groups in total. The van der Waals surface area contributed by atoms with Gasteiger partial charge in [-0.25, -0.2) is 9.97 Å². The third kappa shape index (κ3) is 3.26. The largest absolute Gasteiger partial charge is 0.391 e. The summed E-state index contributed by atoms with van der Waals surface area (Å²) in [6, 6.07) is 2.10. The summed E-state index contributed by atoms with van der Waals surface area (Å²) in [6.07, 6.45) is 5.21. The second kappa shape index (κ2) is 6.85. The summed E-state index contributed by atoms with van der Waals surface area (Å²) in [5.74, 6) is 0.963. The number of aliphatic hydroxyl groups excluding tert-OH is 1. The second-order valence-electron chi connectivity index (χ2n) is 6.99. The van der Waals surface area contributed by atoms with Gasteiger partial charge in [-0.3, -0.25) is 9.48 Å². The Morgan fingerprint density at radius 3 is 2.85 bits per heavy atom. The Labute approximate surface area is 156 Å². The molecule has 1 amide bonds. The smallest absolute Gasteiger partial charge is 0.271 e. The van der Waals surface area contributed by atoms with Gasteiger partial charge in [-0.2, -0.15) is 5.10 Å². The molecule has 26 heavy (non-hydrogen) atoms.